The topological polar surface area (TPSA) is 65.5 Å². The monoisotopic (exact) mass is 458 g/mol. The van der Waals surface area contributed by atoms with Crippen molar-refractivity contribution in [3.63, 3.8) is 0 Å². The lowest BCUT2D eigenvalue weighted by Crippen LogP contribution is -2.68. The highest BCUT2D eigenvalue weighted by atomic mass is 16.7. The smallest absolute Gasteiger partial charge is 0.130 e. The quantitative estimate of drug-likeness (QED) is 0.436. The van der Waals surface area contributed by atoms with E-state index >= 15 is 0 Å². The number of epoxide rings is 2. The van der Waals surface area contributed by atoms with Crippen LogP contribution in [0.4, 0.5) is 0 Å². The van der Waals surface area contributed by atoms with Crippen LogP contribution in [0, 0.1) is 40.4 Å². The molecule has 0 aromatic rings. The van der Waals surface area contributed by atoms with Crippen molar-refractivity contribution in [3.8, 4) is 0 Å². The van der Waals surface area contributed by atoms with Crippen LogP contribution in [0.25, 0.3) is 0 Å². The molecule has 1 spiro atoms. The number of aliphatic hydroxyl groups excluding tert-OH is 2. The minimum absolute atomic E-state index is 0.0975. The molecule has 6 aliphatic rings. The lowest BCUT2D eigenvalue weighted by atomic mass is 9.43. The third-order valence-electron chi connectivity index (χ3n) is 12.3. The van der Waals surface area contributed by atoms with Gasteiger partial charge in [-0.2, -0.15) is 0 Å². The average Bonchev–Trinajstić information content (AvgIpc) is 3.63. The zero-order chi connectivity index (χ0) is 23.6. The van der Waals surface area contributed by atoms with Gasteiger partial charge in [0.2, 0.25) is 0 Å². The summed E-state index contributed by atoms with van der Waals surface area (Å²) < 4.78 is 13.3. The highest BCUT2D eigenvalue weighted by molar-refractivity contribution is 5.44. The van der Waals surface area contributed by atoms with Gasteiger partial charge < -0.3 is 19.7 Å². The van der Waals surface area contributed by atoms with Crippen molar-refractivity contribution >= 4 is 0 Å². The third kappa shape index (κ3) is 2.48. The highest BCUT2D eigenvalue weighted by Crippen LogP contribution is 2.85. The van der Waals surface area contributed by atoms with E-state index in [1.807, 2.05) is 0 Å². The Morgan fingerprint density at radius 1 is 1.00 bits per heavy atom. The molecular formula is C29H46O4. The number of rotatable bonds is 5. The van der Waals surface area contributed by atoms with E-state index in [4.69, 9.17) is 9.47 Å². The molecule has 0 unspecified atom stereocenters. The molecule has 4 nitrogen and oxygen atoms in total. The summed E-state index contributed by atoms with van der Waals surface area (Å²) in [5, 5.41) is 22.2. The predicted octanol–water partition coefficient (Wildman–Crippen LogP) is 5.26. The molecular weight excluding hydrogens is 412 g/mol. The molecule has 0 radical (unpaired) electrons. The van der Waals surface area contributed by atoms with E-state index < -0.39 is 11.7 Å². The summed E-state index contributed by atoms with van der Waals surface area (Å²) in [6.45, 7) is 14.3. The van der Waals surface area contributed by atoms with E-state index in [1.165, 1.54) is 19.3 Å². The van der Waals surface area contributed by atoms with E-state index in [0.717, 1.165) is 25.7 Å². The molecule has 4 aliphatic carbocycles. The zero-order valence-corrected chi connectivity index (χ0v) is 21.6. The summed E-state index contributed by atoms with van der Waals surface area (Å²) in [4.78, 5) is 0. The molecule has 12 atom stereocenters. The molecule has 0 aromatic carbocycles. The molecule has 0 bridgehead atoms. The van der Waals surface area contributed by atoms with E-state index in [9.17, 15) is 10.2 Å². The second kappa shape index (κ2) is 6.87. The minimum atomic E-state index is -0.560. The lowest BCUT2D eigenvalue weighted by molar-refractivity contribution is -0.0911. The molecule has 6 fully saturated rings. The fraction of sp³-hybridized carbons (Fsp3) is 0.931. The van der Waals surface area contributed by atoms with Crippen molar-refractivity contribution in [1.29, 1.82) is 0 Å². The maximum Gasteiger partial charge on any atom is 0.130 e. The first-order chi connectivity index (χ1) is 15.5. The van der Waals surface area contributed by atoms with Gasteiger partial charge in [-0.05, 0) is 80.0 Å². The van der Waals surface area contributed by atoms with Crippen LogP contribution < -0.4 is 0 Å². The standard InChI is InChI=1S/C29H46O4/c1-7-19(17(2)3)9-8-18(4)21-10-11-22-25(21,5)14-15-28-26(6)13-12-20(30)16-27(26)24(32-27)23(31)29(22,28)33-28/h8-9,17-24,30-31H,7,10-16H2,1-6H3/b9-8+/t18-,19+,20+,21-,22-,23-,24+,25-,26+,27+,28+,29-/m1/s1. The van der Waals surface area contributed by atoms with Gasteiger partial charge in [-0.25, -0.2) is 0 Å². The summed E-state index contributed by atoms with van der Waals surface area (Å²) in [5.74, 6) is 2.93. The normalized spacial score (nSPS) is 58.2. The van der Waals surface area contributed by atoms with Crippen molar-refractivity contribution in [3.05, 3.63) is 12.2 Å². The second-order valence-electron chi connectivity index (χ2n) is 13.6. The van der Waals surface area contributed by atoms with Crippen molar-refractivity contribution in [2.24, 2.45) is 40.4 Å². The van der Waals surface area contributed by atoms with Crippen molar-refractivity contribution in [2.45, 2.75) is 128 Å². The largest absolute Gasteiger partial charge is 0.393 e. The van der Waals surface area contributed by atoms with Gasteiger partial charge in [0.1, 0.15) is 29.0 Å². The van der Waals surface area contributed by atoms with Crippen LogP contribution in [-0.2, 0) is 9.47 Å². The Kier molecular flexibility index (Phi) is 4.79. The summed E-state index contributed by atoms with van der Waals surface area (Å²) in [6.07, 6.45) is 12.2. The van der Waals surface area contributed by atoms with Crippen LogP contribution in [0.1, 0.15) is 92.9 Å². The molecule has 4 heteroatoms. The Hall–Kier alpha value is -0.420. The van der Waals surface area contributed by atoms with Crippen molar-refractivity contribution in [2.75, 3.05) is 0 Å². The Morgan fingerprint density at radius 2 is 1.76 bits per heavy atom. The lowest BCUT2D eigenvalue weighted by Gasteiger charge is -2.56. The molecule has 2 aliphatic heterocycles. The van der Waals surface area contributed by atoms with Crippen molar-refractivity contribution < 1.29 is 19.7 Å². The molecule has 6 rings (SSSR count). The number of allylic oxidation sites excluding steroid dienone is 2. The predicted molar refractivity (Wildman–Crippen MR) is 129 cm³/mol. The molecule has 2 N–H and O–H groups in total. The highest BCUT2D eigenvalue weighted by Gasteiger charge is 2.97. The van der Waals surface area contributed by atoms with Crippen LogP contribution in [0.5, 0.6) is 0 Å². The third-order valence-corrected chi connectivity index (χ3v) is 12.3. The van der Waals surface area contributed by atoms with Crippen molar-refractivity contribution in [1.82, 2.24) is 0 Å². The van der Waals surface area contributed by atoms with Crippen LogP contribution >= 0.6 is 0 Å². The van der Waals surface area contributed by atoms with Crippen LogP contribution in [-0.4, -0.2) is 45.3 Å². The van der Waals surface area contributed by atoms with E-state index in [0.29, 0.717) is 36.0 Å². The molecule has 0 amide bonds. The van der Waals surface area contributed by atoms with Gasteiger partial charge >= 0.3 is 0 Å². The Morgan fingerprint density at radius 3 is 2.45 bits per heavy atom. The number of ether oxygens (including phenoxy) is 2. The first kappa shape index (κ1) is 23.0. The number of hydrogen-bond acceptors (Lipinski definition) is 4. The Balaban J connectivity index is 1.30. The zero-order valence-electron chi connectivity index (χ0n) is 21.6. The maximum atomic E-state index is 11.8. The molecule has 186 valence electrons. The van der Waals surface area contributed by atoms with Gasteiger partial charge in [0.25, 0.3) is 0 Å². The first-order valence-corrected chi connectivity index (χ1v) is 14.0. The fourth-order valence-corrected chi connectivity index (χ4v) is 10.3. The molecule has 2 saturated heterocycles. The first-order valence-electron chi connectivity index (χ1n) is 14.0. The van der Waals surface area contributed by atoms with Gasteiger partial charge in [-0.1, -0.05) is 53.7 Å². The summed E-state index contributed by atoms with van der Waals surface area (Å²) in [7, 11) is 0. The number of fused-ring (bicyclic) bond motifs is 1. The average molecular weight is 459 g/mol. The second-order valence-corrected chi connectivity index (χ2v) is 13.6. The molecule has 4 saturated carbocycles. The van der Waals surface area contributed by atoms with Crippen LogP contribution in [0.15, 0.2) is 12.2 Å². The van der Waals surface area contributed by atoms with Gasteiger partial charge in [0.15, 0.2) is 0 Å². The Labute approximate surface area is 200 Å². The van der Waals surface area contributed by atoms with Gasteiger partial charge in [0, 0.05) is 11.8 Å². The van der Waals surface area contributed by atoms with Crippen LogP contribution in [0.2, 0.25) is 0 Å². The van der Waals surface area contributed by atoms with E-state index in [1.54, 1.807) is 0 Å². The minimum Gasteiger partial charge on any atom is -0.393 e. The summed E-state index contributed by atoms with van der Waals surface area (Å²) >= 11 is 0. The molecule has 33 heavy (non-hydrogen) atoms. The Bertz CT molecular complexity index is 855. The van der Waals surface area contributed by atoms with Gasteiger partial charge in [0.05, 0.1) is 6.10 Å². The van der Waals surface area contributed by atoms with Gasteiger partial charge in [-0.3, -0.25) is 0 Å². The maximum absolute atomic E-state index is 11.8. The van der Waals surface area contributed by atoms with Crippen LogP contribution in [0.3, 0.4) is 0 Å². The summed E-state index contributed by atoms with van der Waals surface area (Å²) in [5.41, 5.74) is -0.985. The van der Waals surface area contributed by atoms with Gasteiger partial charge in [-0.15, -0.1) is 0 Å². The SMILES string of the molecule is CC[C@@H](/C=C/[C@@H](C)[C@H]1CC[C@@H]2[C@]1(C)CC[C@@]13O[C@@]21[C@H](O)[C@@H]1O[C@@]12C[C@@H](O)CC[C@]32C)C(C)C. The molecule has 0 aromatic heterocycles. The van der Waals surface area contributed by atoms with E-state index in [-0.39, 0.29) is 34.2 Å². The number of hydrogen-bond donors (Lipinski definition) is 2. The van der Waals surface area contributed by atoms with E-state index in [2.05, 4.69) is 53.7 Å². The number of aliphatic hydroxyl groups is 2. The molecule has 2 heterocycles. The summed E-state index contributed by atoms with van der Waals surface area (Å²) in [6, 6.07) is 0. The fourth-order valence-electron chi connectivity index (χ4n) is 10.3.